The largest absolute Gasteiger partial charge is 0.511 e. The zero-order valence-corrected chi connectivity index (χ0v) is 38.3. The van der Waals surface area contributed by atoms with Gasteiger partial charge in [0.1, 0.15) is 36.5 Å². The Labute approximate surface area is 388 Å². The van der Waals surface area contributed by atoms with Crippen LogP contribution in [0.25, 0.3) is 10.9 Å². The van der Waals surface area contributed by atoms with Gasteiger partial charge in [0.25, 0.3) is 0 Å². The van der Waals surface area contributed by atoms with Crippen LogP contribution in [-0.4, -0.2) is 104 Å². The number of Topliss-reactive ketones (excluding diaryl/α,β-unsaturated/α-hetero) is 1. The standard InChI is InChI=1S/C47H63N11O9/c1-27(2)17-35(41-39(60)20-47(3,4)21-40(41)61)53-30-14-12-28(13-15-30)25-67-45(65)34(11-7-8-16-48)54-44(64)38(24-59)56-43(63)37(19-31-23-50-26-52-31)55-42(62)36(57-46(66)58-49)18-29-22-51-33-10-6-5-9-32(29)33/h5-6,9-10,12-15,22-23,26-27,34,36-38,51,59-60H,7-8,11,16-21,24-25,48-49H2,1-4H3,(H,50,52)(H,54,64)(H,55,62)(H,56,63)(H2,57,58,66)/t34-,36+,37-,38+/m0/s1. The first-order valence-electron chi connectivity index (χ1n) is 22.3. The van der Waals surface area contributed by atoms with E-state index in [9.17, 15) is 39.0 Å². The second-order valence-electron chi connectivity index (χ2n) is 17.9. The number of ketones is 1. The van der Waals surface area contributed by atoms with Gasteiger partial charge in [-0.1, -0.05) is 58.0 Å². The number of carbonyl (C=O) groups excluding carboxylic acids is 6. The van der Waals surface area contributed by atoms with Crippen LogP contribution in [-0.2, 0) is 48.2 Å². The molecule has 5 rings (SSSR count). The number of aromatic amines is 2. The average molecular weight is 926 g/mol. The van der Waals surface area contributed by atoms with Crippen molar-refractivity contribution < 1.29 is 43.7 Å². The molecule has 1 aliphatic carbocycles. The summed E-state index contributed by atoms with van der Waals surface area (Å²) in [6.45, 7) is 7.19. The Morgan fingerprint density at radius 2 is 1.55 bits per heavy atom. The number of esters is 1. The Morgan fingerprint density at radius 3 is 2.19 bits per heavy atom. The van der Waals surface area contributed by atoms with Crippen molar-refractivity contribution in [3.8, 4) is 0 Å². The molecule has 0 aliphatic heterocycles. The van der Waals surface area contributed by atoms with Gasteiger partial charge < -0.3 is 51.9 Å². The molecule has 0 saturated heterocycles. The summed E-state index contributed by atoms with van der Waals surface area (Å²) >= 11 is 0. The number of hydrazine groups is 1. The van der Waals surface area contributed by atoms with Gasteiger partial charge in [-0.2, -0.15) is 0 Å². The molecule has 0 spiro atoms. The summed E-state index contributed by atoms with van der Waals surface area (Å²) in [6, 6.07) is 8.08. The topological polar surface area (TPSA) is 321 Å². The number of nitrogens with two attached hydrogens (primary N) is 2. The number of amides is 5. The number of nitrogens with zero attached hydrogens (tertiary/aromatic N) is 2. The van der Waals surface area contributed by atoms with Crippen molar-refractivity contribution in [3.63, 3.8) is 0 Å². The maximum atomic E-state index is 13.9. The van der Waals surface area contributed by atoms with E-state index in [1.54, 1.807) is 30.5 Å². The predicted octanol–water partition coefficient (Wildman–Crippen LogP) is 2.86. The Kier molecular flexibility index (Phi) is 18.3. The molecule has 0 unspecified atom stereocenters. The van der Waals surface area contributed by atoms with Crippen LogP contribution in [0.4, 0.5) is 10.5 Å². The van der Waals surface area contributed by atoms with E-state index in [0.717, 1.165) is 10.9 Å². The number of aliphatic imine (C=N–C) groups is 1. The number of unbranched alkanes of at least 4 members (excludes halogenated alkanes) is 1. The first kappa shape index (κ1) is 51.1. The van der Waals surface area contributed by atoms with E-state index in [-0.39, 0.29) is 54.3 Å². The lowest BCUT2D eigenvalue weighted by Gasteiger charge is -2.30. The van der Waals surface area contributed by atoms with E-state index in [1.807, 2.05) is 57.4 Å². The van der Waals surface area contributed by atoms with Crippen LogP contribution in [0.1, 0.15) is 83.0 Å². The number of nitrogens with one attached hydrogen (secondary N) is 7. The van der Waals surface area contributed by atoms with E-state index < -0.39 is 60.5 Å². The Bertz CT molecular complexity index is 2410. The summed E-state index contributed by atoms with van der Waals surface area (Å²) in [6.07, 6.45) is 6.69. The summed E-state index contributed by atoms with van der Waals surface area (Å²) < 4.78 is 5.64. The fourth-order valence-corrected chi connectivity index (χ4v) is 7.79. The zero-order chi connectivity index (χ0) is 48.7. The molecule has 20 heteroatoms. The molecule has 2 aromatic carbocycles. The molecule has 4 atom stereocenters. The average Bonchev–Trinajstić information content (AvgIpc) is 3.96. The molecule has 67 heavy (non-hydrogen) atoms. The highest BCUT2D eigenvalue weighted by atomic mass is 16.5. The lowest BCUT2D eigenvalue weighted by molar-refractivity contribution is -0.149. The van der Waals surface area contributed by atoms with Gasteiger partial charge in [0.05, 0.1) is 29.9 Å². The van der Waals surface area contributed by atoms with Gasteiger partial charge >= 0.3 is 12.0 Å². The first-order chi connectivity index (χ1) is 32.0. The van der Waals surface area contributed by atoms with Crippen LogP contribution in [0.15, 0.2) is 83.6 Å². The Balaban J connectivity index is 1.26. The summed E-state index contributed by atoms with van der Waals surface area (Å²) in [5.74, 6) is 2.11. The van der Waals surface area contributed by atoms with Crippen molar-refractivity contribution in [3.05, 3.63) is 95.4 Å². The van der Waals surface area contributed by atoms with Crippen molar-refractivity contribution in [1.29, 1.82) is 0 Å². The van der Waals surface area contributed by atoms with Gasteiger partial charge in [-0.3, -0.25) is 29.6 Å². The number of imidazole rings is 1. The fraction of sp³-hybridized carbons (Fsp3) is 0.447. The normalized spacial score (nSPS) is 15.6. The van der Waals surface area contributed by atoms with Gasteiger partial charge in [0.2, 0.25) is 17.7 Å². The number of benzene rings is 2. The third-order valence-corrected chi connectivity index (χ3v) is 11.2. The number of rotatable bonds is 23. The number of hydrogen-bond acceptors (Lipinski definition) is 13. The molecule has 1 aliphatic rings. The number of aliphatic hydroxyl groups is 2. The van der Waals surface area contributed by atoms with E-state index in [1.165, 1.54) is 12.5 Å². The number of allylic oxidation sites excluding steroid dienone is 2. The maximum absolute atomic E-state index is 13.9. The van der Waals surface area contributed by atoms with Crippen LogP contribution >= 0.6 is 0 Å². The molecule has 5 amide bonds. The van der Waals surface area contributed by atoms with Crippen LogP contribution in [0.3, 0.4) is 0 Å². The molecule has 0 saturated carbocycles. The predicted molar refractivity (Wildman–Crippen MR) is 250 cm³/mol. The minimum atomic E-state index is -1.57. The Morgan fingerprint density at radius 1 is 0.881 bits per heavy atom. The SMILES string of the molecule is CC(C)CC(=Nc1ccc(COC(=O)[C@H](CCCCN)NC(=O)[C@@H](CO)NC(=O)[C@H](Cc2cnc[nH]2)NC(=O)[C@@H](Cc2c[nH]c3ccccc23)NC(=O)NN)cc1)C1=C(O)CC(C)(C)CC1=O. The number of ether oxygens (including phenoxy) is 1. The summed E-state index contributed by atoms with van der Waals surface area (Å²) in [7, 11) is 0. The highest BCUT2D eigenvalue weighted by Crippen LogP contribution is 2.37. The monoisotopic (exact) mass is 925 g/mol. The highest BCUT2D eigenvalue weighted by Gasteiger charge is 2.36. The number of para-hydroxylation sites is 1. The van der Waals surface area contributed by atoms with Crippen LogP contribution in [0.2, 0.25) is 0 Å². The van der Waals surface area contributed by atoms with Gasteiger partial charge in [-0.25, -0.2) is 20.4 Å². The van der Waals surface area contributed by atoms with E-state index in [0.29, 0.717) is 66.9 Å². The molecule has 0 fully saturated rings. The van der Waals surface area contributed by atoms with Crippen molar-refractivity contribution in [1.82, 2.24) is 41.6 Å². The van der Waals surface area contributed by atoms with Crippen LogP contribution in [0.5, 0.6) is 0 Å². The molecular weight excluding hydrogens is 863 g/mol. The number of H-pyrrole nitrogens is 2. The van der Waals surface area contributed by atoms with Crippen molar-refractivity contribution in [2.75, 3.05) is 13.2 Å². The number of fused-ring (bicyclic) bond motifs is 1. The fourth-order valence-electron chi connectivity index (χ4n) is 7.79. The molecule has 13 N–H and O–H groups in total. The first-order valence-corrected chi connectivity index (χ1v) is 22.3. The van der Waals surface area contributed by atoms with Gasteiger partial charge in [0, 0.05) is 54.7 Å². The van der Waals surface area contributed by atoms with Gasteiger partial charge in [0.15, 0.2) is 5.78 Å². The van der Waals surface area contributed by atoms with Crippen LogP contribution < -0.4 is 38.3 Å². The van der Waals surface area contributed by atoms with Crippen molar-refractivity contribution in [2.45, 2.75) is 110 Å². The molecule has 20 nitrogen and oxygen atoms in total. The quantitative estimate of drug-likeness (QED) is 0.0128. The van der Waals surface area contributed by atoms with Crippen molar-refractivity contribution >= 4 is 57.8 Å². The molecule has 2 aromatic heterocycles. The molecule has 0 radical (unpaired) electrons. The lowest BCUT2D eigenvalue weighted by Crippen LogP contribution is -2.60. The van der Waals surface area contributed by atoms with E-state index >= 15 is 0 Å². The second-order valence-corrected chi connectivity index (χ2v) is 17.9. The van der Waals surface area contributed by atoms with Gasteiger partial charge in [-0.05, 0) is 72.9 Å². The molecular formula is C47H63N11O9. The van der Waals surface area contributed by atoms with E-state index in [4.69, 9.17) is 21.3 Å². The minimum absolute atomic E-state index is 0.0107. The molecule has 4 aromatic rings. The zero-order valence-electron chi connectivity index (χ0n) is 38.3. The third-order valence-electron chi connectivity index (χ3n) is 11.2. The maximum Gasteiger partial charge on any atom is 0.329 e. The summed E-state index contributed by atoms with van der Waals surface area (Å²) in [5.41, 5.74) is 11.2. The van der Waals surface area contributed by atoms with Gasteiger partial charge in [-0.15, -0.1) is 0 Å². The lowest BCUT2D eigenvalue weighted by atomic mass is 9.75. The minimum Gasteiger partial charge on any atom is -0.511 e. The highest BCUT2D eigenvalue weighted by molar-refractivity contribution is 6.23. The number of carbonyl (C=O) groups is 6. The van der Waals surface area contributed by atoms with Crippen molar-refractivity contribution in [2.24, 2.45) is 27.9 Å². The number of aromatic nitrogens is 3. The third kappa shape index (κ3) is 14.8. The summed E-state index contributed by atoms with van der Waals surface area (Å²) in [5, 5.41) is 32.3. The summed E-state index contributed by atoms with van der Waals surface area (Å²) in [4.78, 5) is 95.2. The van der Waals surface area contributed by atoms with Crippen LogP contribution in [0, 0.1) is 11.3 Å². The second kappa shape index (κ2) is 24.0. The number of hydrogen-bond donors (Lipinski definition) is 11. The number of urea groups is 1. The Hall–Kier alpha value is -6.90. The molecule has 0 bridgehead atoms. The number of aliphatic hydroxyl groups excluding tert-OH is 2. The molecule has 2 heterocycles. The van der Waals surface area contributed by atoms with E-state index in [2.05, 4.69) is 36.2 Å². The molecule has 360 valence electrons. The smallest absolute Gasteiger partial charge is 0.329 e.